The number of hydrogen-bond acceptors (Lipinski definition) is 1. The molecule has 0 spiro atoms. The average Bonchev–Trinajstić information content (AvgIpc) is 3.71. The molecule has 0 amide bonds. The third kappa shape index (κ3) is 5.33. The highest BCUT2D eigenvalue weighted by Crippen LogP contribution is 2.54. The Kier molecular flexibility index (Phi) is 7.78. The van der Waals surface area contributed by atoms with Crippen molar-refractivity contribution in [3.8, 4) is 39.1 Å². The molecule has 58 heavy (non-hydrogen) atoms. The van der Waals surface area contributed by atoms with Gasteiger partial charge in [-0.05, 0) is 124 Å². The van der Waals surface area contributed by atoms with E-state index in [-0.39, 0.29) is 5.41 Å². The second kappa shape index (κ2) is 13.2. The Bertz CT molecular complexity index is 3170. The molecule has 0 saturated carbocycles. The summed E-state index contributed by atoms with van der Waals surface area (Å²) in [5, 5.41) is 5.09. The van der Waals surface area contributed by atoms with Crippen molar-refractivity contribution in [2.24, 2.45) is 0 Å². The summed E-state index contributed by atoms with van der Waals surface area (Å²) in [6.07, 6.45) is 0. The number of aromatic nitrogens is 1. The van der Waals surface area contributed by atoms with Gasteiger partial charge in [0.25, 0.3) is 0 Å². The average molecular weight is 743 g/mol. The molecule has 2 heteroatoms. The van der Waals surface area contributed by atoms with Gasteiger partial charge >= 0.3 is 0 Å². The van der Waals surface area contributed by atoms with Gasteiger partial charge in [0, 0.05) is 38.6 Å². The minimum Gasteiger partial charge on any atom is -0.310 e. The summed E-state index contributed by atoms with van der Waals surface area (Å²) in [7, 11) is 0. The van der Waals surface area contributed by atoms with Gasteiger partial charge in [-0.25, -0.2) is 0 Å². The molecule has 11 rings (SSSR count). The van der Waals surface area contributed by atoms with Gasteiger partial charge in [-0.1, -0.05) is 153 Å². The van der Waals surface area contributed by atoms with Crippen LogP contribution in [0.5, 0.6) is 0 Å². The molecule has 0 atom stereocenters. The summed E-state index contributed by atoms with van der Waals surface area (Å²) >= 11 is 0. The molecule has 0 bridgehead atoms. The Labute approximate surface area is 339 Å². The molecule has 0 unspecified atom stereocenters. The van der Waals surface area contributed by atoms with Gasteiger partial charge in [0.05, 0.1) is 16.7 Å². The van der Waals surface area contributed by atoms with Crippen molar-refractivity contribution >= 4 is 49.6 Å². The van der Waals surface area contributed by atoms with Crippen molar-refractivity contribution in [2.45, 2.75) is 26.2 Å². The van der Waals surface area contributed by atoms with Crippen LogP contribution in [0.3, 0.4) is 0 Å². The van der Waals surface area contributed by atoms with E-state index in [2.05, 4.69) is 230 Å². The van der Waals surface area contributed by atoms with E-state index in [9.17, 15) is 0 Å². The van der Waals surface area contributed by atoms with Crippen molar-refractivity contribution in [1.29, 1.82) is 0 Å². The quantitative estimate of drug-likeness (QED) is 0.165. The molecule has 10 aromatic rings. The molecule has 1 aromatic heterocycles. The van der Waals surface area contributed by atoms with Crippen molar-refractivity contribution in [3.63, 3.8) is 0 Å². The molecule has 1 heterocycles. The van der Waals surface area contributed by atoms with Gasteiger partial charge in [-0.2, -0.15) is 0 Å². The molecule has 0 fully saturated rings. The normalized spacial score (nSPS) is 12.9. The van der Waals surface area contributed by atoms with E-state index < -0.39 is 0 Å². The Morgan fingerprint density at radius 2 is 0.931 bits per heavy atom. The summed E-state index contributed by atoms with van der Waals surface area (Å²) in [5.41, 5.74) is 18.3. The number of para-hydroxylation sites is 1. The summed E-state index contributed by atoms with van der Waals surface area (Å²) in [6.45, 7) is 7.01. The van der Waals surface area contributed by atoms with Gasteiger partial charge < -0.3 is 9.47 Å². The van der Waals surface area contributed by atoms with Crippen LogP contribution >= 0.6 is 0 Å². The second-order valence-corrected chi connectivity index (χ2v) is 16.3. The van der Waals surface area contributed by atoms with Crippen LogP contribution in [0.15, 0.2) is 200 Å². The zero-order valence-electron chi connectivity index (χ0n) is 32.9. The van der Waals surface area contributed by atoms with Crippen LogP contribution in [0.2, 0.25) is 0 Å². The summed E-state index contributed by atoms with van der Waals surface area (Å²) in [4.78, 5) is 2.39. The van der Waals surface area contributed by atoms with E-state index in [1.807, 2.05) is 0 Å². The molecule has 0 N–H and O–H groups in total. The smallest absolute Gasteiger partial charge is 0.0544 e. The van der Waals surface area contributed by atoms with E-state index in [4.69, 9.17) is 0 Å². The lowest BCUT2D eigenvalue weighted by atomic mass is 9.81. The molecule has 0 radical (unpaired) electrons. The predicted octanol–water partition coefficient (Wildman–Crippen LogP) is 15.4. The third-order valence-electron chi connectivity index (χ3n) is 12.4. The van der Waals surface area contributed by atoms with Crippen molar-refractivity contribution < 1.29 is 0 Å². The molecule has 0 saturated heterocycles. The number of benzene rings is 9. The topological polar surface area (TPSA) is 8.17 Å². The Hall–Kier alpha value is -7.16. The van der Waals surface area contributed by atoms with Crippen LogP contribution < -0.4 is 4.90 Å². The number of anilines is 3. The summed E-state index contributed by atoms with van der Waals surface area (Å²) < 4.78 is 2.52. The van der Waals surface area contributed by atoms with Crippen LogP contribution in [-0.4, -0.2) is 4.57 Å². The highest BCUT2D eigenvalue weighted by molar-refractivity contribution is 6.13. The van der Waals surface area contributed by atoms with Crippen molar-refractivity contribution in [3.05, 3.63) is 217 Å². The SMILES string of the molecule is Cc1ccc2c(c1)c1cc(-c3ccccc3)ccc1n2-c1cc2c(c3ccccc13)-c1ccc(N(c3ccccc3)c3ccc(-c4ccccc4)cc3)cc1C2(C)C. The largest absolute Gasteiger partial charge is 0.310 e. The van der Waals surface area contributed by atoms with Gasteiger partial charge in [0.15, 0.2) is 0 Å². The van der Waals surface area contributed by atoms with E-state index in [1.54, 1.807) is 0 Å². The molecule has 9 aromatic carbocycles. The maximum Gasteiger partial charge on any atom is 0.0544 e. The van der Waals surface area contributed by atoms with Gasteiger partial charge in [-0.15, -0.1) is 0 Å². The van der Waals surface area contributed by atoms with E-state index in [0.717, 1.165) is 17.1 Å². The minimum atomic E-state index is -0.255. The fourth-order valence-electron chi connectivity index (χ4n) is 9.54. The van der Waals surface area contributed by atoms with Crippen molar-refractivity contribution in [2.75, 3.05) is 4.90 Å². The first-order chi connectivity index (χ1) is 28.4. The van der Waals surface area contributed by atoms with E-state index in [0.29, 0.717) is 0 Å². The molecule has 2 nitrogen and oxygen atoms in total. The van der Waals surface area contributed by atoms with Crippen LogP contribution in [0, 0.1) is 6.92 Å². The van der Waals surface area contributed by atoms with Gasteiger partial charge in [-0.3, -0.25) is 0 Å². The highest BCUT2D eigenvalue weighted by atomic mass is 15.1. The van der Waals surface area contributed by atoms with Crippen LogP contribution in [0.4, 0.5) is 17.1 Å². The second-order valence-electron chi connectivity index (χ2n) is 16.3. The van der Waals surface area contributed by atoms with Gasteiger partial charge in [0.2, 0.25) is 0 Å². The first kappa shape index (κ1) is 34.1. The molecular formula is C56H42N2. The monoisotopic (exact) mass is 742 g/mol. The maximum atomic E-state index is 2.52. The van der Waals surface area contributed by atoms with Crippen LogP contribution in [0.25, 0.3) is 71.6 Å². The third-order valence-corrected chi connectivity index (χ3v) is 12.4. The van der Waals surface area contributed by atoms with Gasteiger partial charge in [0.1, 0.15) is 0 Å². The lowest BCUT2D eigenvalue weighted by molar-refractivity contribution is 0.660. The van der Waals surface area contributed by atoms with E-state index >= 15 is 0 Å². The first-order valence-electron chi connectivity index (χ1n) is 20.3. The fraction of sp³-hybridized carbons (Fsp3) is 0.0714. The number of nitrogens with zero attached hydrogens (tertiary/aromatic N) is 2. The zero-order chi connectivity index (χ0) is 39.0. The summed E-state index contributed by atoms with van der Waals surface area (Å²) in [6, 6.07) is 73.6. The molecular weight excluding hydrogens is 701 g/mol. The Morgan fingerprint density at radius 1 is 0.397 bits per heavy atom. The minimum absolute atomic E-state index is 0.255. The highest BCUT2D eigenvalue weighted by Gasteiger charge is 2.38. The zero-order valence-corrected chi connectivity index (χ0v) is 32.9. The van der Waals surface area contributed by atoms with Crippen LogP contribution in [-0.2, 0) is 5.41 Å². The molecule has 276 valence electrons. The molecule has 0 aliphatic heterocycles. The Morgan fingerprint density at radius 3 is 1.64 bits per heavy atom. The Balaban J connectivity index is 1.09. The first-order valence-corrected chi connectivity index (χ1v) is 20.3. The fourth-order valence-corrected chi connectivity index (χ4v) is 9.54. The van der Waals surface area contributed by atoms with Crippen LogP contribution in [0.1, 0.15) is 30.5 Å². The maximum absolute atomic E-state index is 2.52. The lowest BCUT2D eigenvalue weighted by Gasteiger charge is -2.28. The number of aryl methyl sites for hydroxylation is 1. The van der Waals surface area contributed by atoms with Crippen molar-refractivity contribution in [1.82, 2.24) is 4.57 Å². The molecule has 1 aliphatic rings. The lowest BCUT2D eigenvalue weighted by Crippen LogP contribution is -2.17. The molecule has 1 aliphatic carbocycles. The number of hydrogen-bond donors (Lipinski definition) is 0. The number of fused-ring (bicyclic) bond motifs is 8. The van der Waals surface area contributed by atoms with E-state index in [1.165, 1.54) is 88.3 Å². The summed E-state index contributed by atoms with van der Waals surface area (Å²) in [5.74, 6) is 0. The standard InChI is InChI=1S/C56H42N2/c1-37-23-31-52-48(33-37)49-34-41(39-17-9-5-10-18-39)26-32-53(49)58(52)54-36-51-55(46-22-14-13-21-45(46)54)47-30-29-44(35-50(47)56(51,2)3)57(42-19-11-6-12-20-42)43-27-24-40(25-28-43)38-15-7-4-8-16-38/h4-36H,1-3H3. The predicted molar refractivity (Wildman–Crippen MR) is 246 cm³/mol. The number of rotatable bonds is 6.